The average Bonchev–Trinajstić information content (AvgIpc) is 2.44. The summed E-state index contributed by atoms with van der Waals surface area (Å²) < 4.78 is 37.2. The number of amides is 2. The van der Waals surface area contributed by atoms with Gasteiger partial charge in [-0.1, -0.05) is 41.4 Å². The normalized spacial score (nSPS) is 19.0. The first-order valence-electron chi connectivity index (χ1n) is 6.32. The van der Waals surface area contributed by atoms with E-state index in [0.29, 0.717) is 0 Å². The van der Waals surface area contributed by atoms with Gasteiger partial charge < -0.3 is 16.8 Å². The number of ether oxygens (including phenoxy) is 1. The maximum atomic E-state index is 11.3. The molecule has 1 heterocycles. The Morgan fingerprint density at radius 1 is 1.48 bits per heavy atom. The molecule has 122 valence electrons. The molecule has 0 fully saturated rings. The van der Waals surface area contributed by atoms with Gasteiger partial charge in [0.05, 0.1) is 6.61 Å². The van der Waals surface area contributed by atoms with E-state index in [1.807, 2.05) is 31.2 Å². The molecule has 7 nitrogen and oxygen atoms in total. The third-order valence-corrected chi connectivity index (χ3v) is 4.34. The molecule has 2 rings (SSSR count). The molecule has 10 heteroatoms. The maximum Gasteiger partial charge on any atom is 1.00 e. The van der Waals surface area contributed by atoms with Crippen molar-refractivity contribution < 1.29 is 53.5 Å². The van der Waals surface area contributed by atoms with Crippen LogP contribution in [0.15, 0.2) is 36.0 Å². The van der Waals surface area contributed by atoms with Crippen LogP contribution < -0.4 is 40.2 Å². The summed E-state index contributed by atoms with van der Waals surface area (Å²) in [7, 11) is -4.55. The van der Waals surface area contributed by atoms with Crippen LogP contribution in [0, 0.1) is 6.92 Å². The zero-order valence-corrected chi connectivity index (χ0v) is 16.2. The fraction of sp³-hybridized carbons (Fsp3) is 0.308. The molecule has 3 N–H and O–H groups in total. The Morgan fingerprint density at radius 3 is 2.78 bits per heavy atom. The molecule has 2 amide bonds. The summed E-state index contributed by atoms with van der Waals surface area (Å²) in [5, 5.41) is 2.71. The van der Waals surface area contributed by atoms with E-state index in [-0.39, 0.29) is 43.2 Å². The van der Waals surface area contributed by atoms with E-state index < -0.39 is 27.1 Å². The Morgan fingerprint density at radius 2 is 2.17 bits per heavy atom. The van der Waals surface area contributed by atoms with E-state index in [2.05, 4.69) is 10.6 Å². The summed E-state index contributed by atoms with van der Waals surface area (Å²) in [4.78, 5) is 11.2. The molecule has 0 saturated heterocycles. The summed E-state index contributed by atoms with van der Waals surface area (Å²) in [5.41, 5.74) is 0.772. The molecule has 1 aromatic carbocycles. The van der Waals surface area contributed by atoms with Gasteiger partial charge in [-0.3, -0.25) is 4.55 Å². The smallest absolute Gasteiger partial charge is 1.00 e. The van der Waals surface area contributed by atoms with Crippen LogP contribution in [0.1, 0.15) is 12.6 Å². The minimum atomic E-state index is -4.55. The van der Waals surface area contributed by atoms with Crippen LogP contribution in [0.4, 0.5) is 4.79 Å². The second kappa shape index (κ2) is 8.48. The number of rotatable bonds is 5. The molecule has 0 radical (unpaired) electrons. The van der Waals surface area contributed by atoms with Gasteiger partial charge in [-0.05, 0) is 12.5 Å². The van der Waals surface area contributed by atoms with Crippen LogP contribution in [0.5, 0.6) is 0 Å². The first-order valence-corrected chi connectivity index (χ1v) is 8.26. The fourth-order valence-electron chi connectivity index (χ4n) is 1.97. The Labute approximate surface area is 162 Å². The van der Waals surface area contributed by atoms with Gasteiger partial charge in [-0.2, -0.15) is 8.42 Å². The molecular weight excluding hydrogens is 355 g/mol. The number of aryl methyl sites for hydroxylation is 1. The first-order chi connectivity index (χ1) is 10.3. The van der Waals surface area contributed by atoms with E-state index >= 15 is 0 Å². The molecule has 23 heavy (non-hydrogen) atoms. The van der Waals surface area contributed by atoms with Gasteiger partial charge >= 0.3 is 35.6 Å². The van der Waals surface area contributed by atoms with Crippen LogP contribution in [-0.2, 0) is 21.5 Å². The monoisotopic (exact) mass is 370 g/mol. The van der Waals surface area contributed by atoms with Gasteiger partial charge in [0, 0.05) is 11.8 Å². The van der Waals surface area contributed by atoms with Gasteiger partial charge in [0.15, 0.2) is 10.9 Å². The molecular formula is C13H16ClN2NaO5S. The third kappa shape index (κ3) is 5.75. The number of hydrogen-bond donors (Lipinski definition) is 3. The SMILES string of the molecule is Cc1cccc(COC(Cl)C2=CNC(=O)NC2S(=O)(=O)O)c1.[H-].[Na+]. The van der Waals surface area contributed by atoms with Crippen LogP contribution in [0.2, 0.25) is 0 Å². The topological polar surface area (TPSA) is 105 Å². The third-order valence-electron chi connectivity index (χ3n) is 2.97. The summed E-state index contributed by atoms with van der Waals surface area (Å²) in [6.45, 7) is 2.08. The molecule has 1 aromatic rings. The summed E-state index contributed by atoms with van der Waals surface area (Å²) >= 11 is 6.04. The van der Waals surface area contributed by atoms with Crippen molar-refractivity contribution in [1.82, 2.24) is 10.6 Å². The van der Waals surface area contributed by atoms with Crippen molar-refractivity contribution in [3.63, 3.8) is 0 Å². The fourth-order valence-corrected chi connectivity index (χ4v) is 3.09. The predicted octanol–water partition coefficient (Wildman–Crippen LogP) is -1.40. The maximum absolute atomic E-state index is 11.3. The van der Waals surface area contributed by atoms with Gasteiger partial charge in [0.2, 0.25) is 0 Å². The molecule has 1 aliphatic rings. The minimum absolute atomic E-state index is 0. The van der Waals surface area contributed by atoms with Gasteiger partial charge in [0.1, 0.15) is 0 Å². The van der Waals surface area contributed by atoms with E-state index in [1.54, 1.807) is 0 Å². The predicted molar refractivity (Wildman–Crippen MR) is 81.8 cm³/mol. The molecule has 0 bridgehead atoms. The largest absolute Gasteiger partial charge is 1.00 e. The van der Waals surface area contributed by atoms with Gasteiger partial charge in [-0.25, -0.2) is 4.79 Å². The standard InChI is InChI=1S/C13H15ClN2O5S.Na.H/c1-8-3-2-4-9(5-8)7-21-11(14)10-6-15-13(17)16-12(10)22(18,19)20;;/h2-6,11-12H,7H2,1H3,(H2,15,16,17)(H,18,19,20);;/q;+1;-1. The second-order valence-corrected chi connectivity index (χ2v) is 6.67. The molecule has 0 saturated carbocycles. The molecule has 0 spiro atoms. The molecule has 2 unspecified atom stereocenters. The number of carbonyl (C=O) groups excluding carboxylic acids is 1. The summed E-state index contributed by atoms with van der Waals surface area (Å²) in [6.07, 6.45) is 1.12. The summed E-state index contributed by atoms with van der Waals surface area (Å²) in [5.74, 6) is 0. The summed E-state index contributed by atoms with van der Waals surface area (Å²) in [6, 6.07) is 6.78. The first kappa shape index (κ1) is 20.4. The number of alkyl halides is 1. The van der Waals surface area contributed by atoms with Crippen molar-refractivity contribution in [3.05, 3.63) is 47.2 Å². The van der Waals surface area contributed by atoms with Crippen LogP contribution >= 0.6 is 11.6 Å². The Balaban J connectivity index is 0.00000264. The van der Waals surface area contributed by atoms with Crippen molar-refractivity contribution in [2.24, 2.45) is 0 Å². The molecule has 2 atom stereocenters. The number of benzene rings is 1. The zero-order valence-electron chi connectivity index (χ0n) is 13.6. The van der Waals surface area contributed by atoms with Crippen molar-refractivity contribution >= 4 is 27.8 Å². The van der Waals surface area contributed by atoms with Gasteiger partial charge in [0.25, 0.3) is 10.1 Å². The number of carbonyl (C=O) groups is 1. The molecule has 0 aliphatic carbocycles. The number of urea groups is 1. The van der Waals surface area contributed by atoms with Crippen LogP contribution in [-0.4, -0.2) is 29.9 Å². The minimum Gasteiger partial charge on any atom is -1.00 e. The quantitative estimate of drug-likeness (QED) is 0.336. The molecule has 0 aromatic heterocycles. The van der Waals surface area contributed by atoms with E-state index in [0.717, 1.165) is 17.3 Å². The van der Waals surface area contributed by atoms with E-state index in [9.17, 15) is 17.8 Å². The van der Waals surface area contributed by atoms with Crippen molar-refractivity contribution in [1.29, 1.82) is 0 Å². The van der Waals surface area contributed by atoms with Crippen molar-refractivity contribution in [2.75, 3.05) is 0 Å². The van der Waals surface area contributed by atoms with Crippen LogP contribution in [0.3, 0.4) is 0 Å². The molecule has 1 aliphatic heterocycles. The van der Waals surface area contributed by atoms with E-state index in [1.165, 1.54) is 0 Å². The number of nitrogens with one attached hydrogen (secondary N) is 2. The van der Waals surface area contributed by atoms with Crippen molar-refractivity contribution in [2.45, 2.75) is 24.5 Å². The van der Waals surface area contributed by atoms with Crippen LogP contribution in [0.25, 0.3) is 0 Å². The second-order valence-electron chi connectivity index (χ2n) is 4.77. The Bertz CT molecular complexity index is 716. The number of halogens is 1. The van der Waals surface area contributed by atoms with Gasteiger partial charge in [-0.15, -0.1) is 0 Å². The Kier molecular flexibility index (Phi) is 7.53. The average molecular weight is 371 g/mol. The van der Waals surface area contributed by atoms with Crippen molar-refractivity contribution in [3.8, 4) is 0 Å². The van der Waals surface area contributed by atoms with E-state index in [4.69, 9.17) is 16.3 Å². The zero-order chi connectivity index (χ0) is 16.3. The number of hydrogen-bond acceptors (Lipinski definition) is 4. The Hall–Kier alpha value is -0.610.